The molecule has 1 aliphatic rings. The summed E-state index contributed by atoms with van der Waals surface area (Å²) in [7, 11) is 0. The molecule has 0 aliphatic heterocycles. The molecular formula is C15H7Br2F7NO2S. The molecule has 1 radical (unpaired) electrons. The lowest BCUT2D eigenvalue weighted by atomic mass is 9.92. The average molecular weight is 558 g/mol. The molecule has 3 nitrogen and oxygen atoms in total. The number of alkyl halides is 7. The van der Waals surface area contributed by atoms with E-state index in [1.165, 1.54) is 18.6 Å². The summed E-state index contributed by atoms with van der Waals surface area (Å²) in [6.45, 7) is 0. The normalized spacial score (nSPS) is 17.8. The highest BCUT2D eigenvalue weighted by Gasteiger charge is 2.74. The Balaban J connectivity index is 2.74. The molecule has 0 N–H and O–H groups in total. The highest BCUT2D eigenvalue weighted by Crippen LogP contribution is 2.60. The van der Waals surface area contributed by atoms with Crippen molar-refractivity contribution in [3.63, 3.8) is 0 Å². The van der Waals surface area contributed by atoms with E-state index in [0.29, 0.717) is 0 Å². The van der Waals surface area contributed by atoms with Gasteiger partial charge in [0.2, 0.25) is 0 Å². The Labute approximate surface area is 174 Å². The van der Waals surface area contributed by atoms with E-state index in [9.17, 15) is 40.8 Å². The summed E-state index contributed by atoms with van der Waals surface area (Å²) >= 11 is 4.87. The van der Waals surface area contributed by atoms with Crippen molar-refractivity contribution >= 4 is 49.3 Å². The largest absolute Gasteiger partial charge is 0.460 e. The Morgan fingerprint density at radius 2 is 1.46 bits per heavy atom. The number of nitro benzene ring substituents is 1. The molecule has 13 heteroatoms. The fourth-order valence-electron chi connectivity index (χ4n) is 2.34. The number of rotatable bonds is 5. The molecule has 0 unspecified atom stereocenters. The maximum atomic E-state index is 14.2. The molecule has 0 atom stereocenters. The van der Waals surface area contributed by atoms with Crippen molar-refractivity contribution in [1.29, 1.82) is 0 Å². The molecule has 1 aromatic rings. The van der Waals surface area contributed by atoms with Gasteiger partial charge in [0.1, 0.15) is 0 Å². The molecule has 2 rings (SSSR count). The van der Waals surface area contributed by atoms with E-state index in [2.05, 4.69) is 31.9 Å². The van der Waals surface area contributed by atoms with Crippen LogP contribution < -0.4 is 0 Å². The van der Waals surface area contributed by atoms with Gasteiger partial charge in [-0.25, -0.2) is 0 Å². The summed E-state index contributed by atoms with van der Waals surface area (Å²) < 4.78 is 90.8. The highest BCUT2D eigenvalue weighted by atomic mass is 79.9. The van der Waals surface area contributed by atoms with E-state index >= 15 is 0 Å². The Morgan fingerprint density at radius 3 is 1.93 bits per heavy atom. The minimum absolute atomic E-state index is 0.0404. The van der Waals surface area contributed by atoms with Gasteiger partial charge >= 0.3 is 17.4 Å². The number of hydrogen-bond acceptors (Lipinski definition) is 3. The molecule has 28 heavy (non-hydrogen) atoms. The summed E-state index contributed by atoms with van der Waals surface area (Å²) in [4.78, 5) is 10.4. The van der Waals surface area contributed by atoms with Crippen LogP contribution in [0.4, 0.5) is 36.4 Å². The lowest BCUT2D eigenvalue weighted by Gasteiger charge is -2.36. The number of nitrogens with zero attached hydrogens (tertiary/aromatic N) is 1. The van der Waals surface area contributed by atoms with Crippen LogP contribution in [0.1, 0.15) is 5.56 Å². The second-order valence-electron chi connectivity index (χ2n) is 5.46. The maximum absolute atomic E-state index is 14.2. The Kier molecular flexibility index (Phi) is 6.33. The van der Waals surface area contributed by atoms with E-state index in [0.717, 1.165) is 24.3 Å². The molecule has 0 saturated carbocycles. The van der Waals surface area contributed by atoms with Crippen molar-refractivity contribution in [3.05, 3.63) is 67.5 Å². The highest BCUT2D eigenvalue weighted by molar-refractivity contribution is 9.12. The number of allylic oxidation sites excluding steroid dienone is 2. The first-order chi connectivity index (χ1) is 12.6. The number of para-hydroxylation sites is 1. The molecule has 0 heterocycles. The topological polar surface area (TPSA) is 43.1 Å². The van der Waals surface area contributed by atoms with Gasteiger partial charge in [-0.05, 0) is 12.2 Å². The number of hydrogen-bond donors (Lipinski definition) is 0. The molecule has 0 spiro atoms. The van der Waals surface area contributed by atoms with Gasteiger partial charge in [0, 0.05) is 21.5 Å². The molecule has 0 aromatic heterocycles. The Morgan fingerprint density at radius 1 is 0.964 bits per heavy atom. The smallest absolute Gasteiger partial charge is 0.258 e. The molecule has 0 amide bonds. The van der Waals surface area contributed by atoms with Crippen LogP contribution in [-0.2, 0) is 4.75 Å². The second-order valence-corrected chi connectivity index (χ2v) is 8.68. The van der Waals surface area contributed by atoms with Crippen molar-refractivity contribution in [1.82, 2.24) is 0 Å². The predicted octanol–water partition coefficient (Wildman–Crippen LogP) is 7.09. The van der Waals surface area contributed by atoms with Crippen molar-refractivity contribution in [2.45, 2.75) is 22.1 Å². The fraction of sp³-hybridized carbons (Fsp3) is 0.267. The number of halogens is 9. The number of nitro groups is 1. The first kappa shape index (κ1) is 23.2. The van der Waals surface area contributed by atoms with Gasteiger partial charge in [0.15, 0.2) is 0 Å². The van der Waals surface area contributed by atoms with Gasteiger partial charge in [-0.3, -0.25) is 10.1 Å². The predicted molar refractivity (Wildman–Crippen MR) is 96.6 cm³/mol. The van der Waals surface area contributed by atoms with Crippen LogP contribution in [0.5, 0.6) is 0 Å². The lowest BCUT2D eigenvalue weighted by Crippen LogP contribution is -2.51. The summed E-state index contributed by atoms with van der Waals surface area (Å²) in [5, 5.41) is 5.65. The first-order valence-electron chi connectivity index (χ1n) is 7.01. The summed E-state index contributed by atoms with van der Waals surface area (Å²) in [6.07, 6.45) is -3.43. The van der Waals surface area contributed by atoms with Gasteiger partial charge < -0.3 is 0 Å². The molecule has 1 aromatic carbocycles. The fourth-order valence-corrected chi connectivity index (χ4v) is 5.49. The van der Waals surface area contributed by atoms with E-state index in [1.54, 1.807) is 0 Å². The standard InChI is InChI=1S/C15H7Br2F7NO2S/c16-8-5-9(17)7-12(6-8,10-3-1-2-4-11(10)25(26)27)28-15(23,24)13(18,19)14(20,21)22/h1-7H. The van der Waals surface area contributed by atoms with Crippen molar-refractivity contribution in [2.75, 3.05) is 0 Å². The third-order valence-corrected chi connectivity index (χ3v) is 5.74. The van der Waals surface area contributed by atoms with Gasteiger partial charge in [0.25, 0.3) is 5.69 Å². The van der Waals surface area contributed by atoms with Gasteiger partial charge in [-0.15, -0.1) is 0 Å². The third-order valence-electron chi connectivity index (χ3n) is 3.52. The van der Waals surface area contributed by atoms with Crippen LogP contribution in [0, 0.1) is 16.5 Å². The zero-order valence-corrected chi connectivity index (χ0v) is 17.1. The average Bonchev–Trinajstić information content (AvgIpc) is 2.52. The van der Waals surface area contributed by atoms with Crippen LogP contribution >= 0.6 is 43.6 Å². The third kappa shape index (κ3) is 4.25. The Bertz CT molecular complexity index is 837. The maximum Gasteiger partial charge on any atom is 0.460 e. The quantitative estimate of drug-likeness (QED) is 0.220. The number of benzene rings is 1. The molecule has 0 bridgehead atoms. The van der Waals surface area contributed by atoms with Crippen LogP contribution in [0.2, 0.25) is 0 Å². The Hall–Kier alpha value is -1.08. The van der Waals surface area contributed by atoms with Crippen LogP contribution in [0.15, 0.2) is 45.4 Å². The summed E-state index contributed by atoms with van der Waals surface area (Å²) in [5.74, 6) is -6.39. The van der Waals surface area contributed by atoms with Crippen molar-refractivity contribution < 1.29 is 35.7 Å². The summed E-state index contributed by atoms with van der Waals surface area (Å²) in [5.41, 5.74) is -1.22. The molecule has 1 aliphatic carbocycles. The van der Waals surface area contributed by atoms with E-state index in [-0.39, 0.29) is 8.96 Å². The van der Waals surface area contributed by atoms with Gasteiger partial charge in [-0.2, -0.15) is 30.7 Å². The minimum Gasteiger partial charge on any atom is -0.258 e. The van der Waals surface area contributed by atoms with E-state index < -0.39 is 50.0 Å². The minimum atomic E-state index is -6.53. The van der Waals surface area contributed by atoms with E-state index in [4.69, 9.17) is 0 Å². The van der Waals surface area contributed by atoms with Gasteiger partial charge in [0.05, 0.1) is 15.2 Å². The van der Waals surface area contributed by atoms with Crippen LogP contribution in [-0.4, -0.2) is 22.3 Å². The molecule has 0 fully saturated rings. The monoisotopic (exact) mass is 556 g/mol. The van der Waals surface area contributed by atoms with Gasteiger partial charge in [-0.1, -0.05) is 61.8 Å². The van der Waals surface area contributed by atoms with E-state index in [1.807, 2.05) is 0 Å². The second kappa shape index (κ2) is 7.63. The zero-order valence-electron chi connectivity index (χ0n) is 13.1. The molecular weight excluding hydrogens is 551 g/mol. The molecule has 0 saturated heterocycles. The van der Waals surface area contributed by atoms with Crippen molar-refractivity contribution in [2.24, 2.45) is 0 Å². The van der Waals surface area contributed by atoms with Crippen LogP contribution in [0.25, 0.3) is 0 Å². The van der Waals surface area contributed by atoms with Crippen LogP contribution in [0.3, 0.4) is 0 Å². The lowest BCUT2D eigenvalue weighted by molar-refractivity contribution is -0.385. The van der Waals surface area contributed by atoms with Crippen molar-refractivity contribution in [3.8, 4) is 0 Å². The summed E-state index contributed by atoms with van der Waals surface area (Å²) in [6, 6.07) is 4.35. The first-order valence-corrected chi connectivity index (χ1v) is 9.41. The molecule has 153 valence electrons. The SMILES string of the molecule is O=[N+]([O-])c1ccccc1C1(SC(F)(F)C(F)(F)C(F)(F)F)C=C(Br)[CH]C(Br)=C1. The zero-order chi connectivity index (χ0) is 21.5. The number of thioether (sulfide) groups is 1.